The van der Waals surface area contributed by atoms with E-state index in [1.54, 1.807) is 6.92 Å². The fourth-order valence-corrected chi connectivity index (χ4v) is 7.48. The van der Waals surface area contributed by atoms with Gasteiger partial charge in [-0.2, -0.15) is 4.99 Å². The fraction of sp³-hybridized carbons (Fsp3) is 0.607. The van der Waals surface area contributed by atoms with Crippen molar-refractivity contribution < 1.29 is 33.8 Å². The van der Waals surface area contributed by atoms with Gasteiger partial charge in [0.2, 0.25) is 5.91 Å². The van der Waals surface area contributed by atoms with Crippen LogP contribution in [0.3, 0.4) is 0 Å². The van der Waals surface area contributed by atoms with Crippen LogP contribution in [0.1, 0.15) is 39.5 Å². The number of aliphatic imine (C=N–C) groups is 1. The second-order valence-corrected chi connectivity index (χ2v) is 12.1. The zero-order valence-corrected chi connectivity index (χ0v) is 24.4. The highest BCUT2D eigenvalue weighted by atomic mass is 32.2. The number of ether oxygens (including phenoxy) is 2. The number of aliphatic hydroxyl groups is 1. The minimum Gasteiger partial charge on any atom is -0.457 e. The molecular weight excluding hydrogens is 550 g/mol. The van der Waals surface area contributed by atoms with Crippen LogP contribution in [-0.4, -0.2) is 106 Å². The Balaban J connectivity index is 1.59. The third-order valence-electron chi connectivity index (χ3n) is 7.94. The SMILES string of the molecule is C=CCOC(=O)C1=C(S[C@H]2C[C@@H](C(=O)N=C(N)N3CCCCC3)N(C(=O)OCC=C)C2)[C@H](C)[C@@H]2[C@@H]([C@@H](C)O)C(=O)N12. The lowest BCUT2D eigenvalue weighted by molar-refractivity contribution is -0.164. The zero-order valence-electron chi connectivity index (χ0n) is 23.6. The van der Waals surface area contributed by atoms with Crippen molar-refractivity contribution in [3.8, 4) is 0 Å². The van der Waals surface area contributed by atoms with E-state index in [0.717, 1.165) is 32.4 Å². The lowest BCUT2D eigenvalue weighted by atomic mass is 9.79. The van der Waals surface area contributed by atoms with Crippen molar-refractivity contribution in [3.05, 3.63) is 35.9 Å². The molecule has 4 aliphatic heterocycles. The van der Waals surface area contributed by atoms with E-state index in [1.165, 1.54) is 33.7 Å². The Labute approximate surface area is 244 Å². The summed E-state index contributed by atoms with van der Waals surface area (Å²) in [7, 11) is 0. The third-order valence-corrected chi connectivity index (χ3v) is 9.43. The minimum absolute atomic E-state index is 0.0196. The normalized spacial score (nSPS) is 28.7. The topological polar surface area (TPSA) is 155 Å². The number of fused-ring (bicyclic) bond motifs is 1. The Morgan fingerprint density at radius 2 is 1.83 bits per heavy atom. The maximum atomic E-state index is 13.4. The first kappa shape index (κ1) is 30.6. The Bertz CT molecular complexity index is 1150. The van der Waals surface area contributed by atoms with Gasteiger partial charge in [0.1, 0.15) is 25.0 Å². The van der Waals surface area contributed by atoms with E-state index in [-0.39, 0.29) is 54.9 Å². The lowest BCUT2D eigenvalue weighted by Gasteiger charge is -2.46. The number of esters is 1. The third kappa shape index (κ3) is 6.15. The molecule has 4 aliphatic rings. The Kier molecular flexibility index (Phi) is 9.80. The van der Waals surface area contributed by atoms with Gasteiger partial charge in [-0.3, -0.25) is 14.5 Å². The van der Waals surface area contributed by atoms with Gasteiger partial charge in [0.25, 0.3) is 5.91 Å². The summed E-state index contributed by atoms with van der Waals surface area (Å²) in [4.78, 5) is 61.7. The molecule has 0 aromatic carbocycles. The van der Waals surface area contributed by atoms with Crippen LogP contribution in [0.5, 0.6) is 0 Å². The highest BCUT2D eigenvalue weighted by Gasteiger charge is 2.60. The quantitative estimate of drug-likeness (QED) is 0.133. The molecule has 41 heavy (non-hydrogen) atoms. The molecule has 0 bridgehead atoms. The van der Waals surface area contributed by atoms with E-state index in [1.807, 2.05) is 11.8 Å². The number of aliphatic hydroxyl groups excluding tert-OH is 1. The first-order valence-corrected chi connectivity index (χ1v) is 14.9. The molecule has 0 aromatic rings. The van der Waals surface area contributed by atoms with Crippen molar-refractivity contribution in [2.75, 3.05) is 32.8 Å². The summed E-state index contributed by atoms with van der Waals surface area (Å²) >= 11 is 1.33. The standard InChI is InChI=1S/C28H39N5O7S/c1-5-12-39-26(37)22-23(16(3)21-20(17(4)34)25(36)33(21)22)41-18-14-19(32(15-18)28(38)40-13-6-2)24(35)30-27(29)31-10-8-7-9-11-31/h5-6,16-21,34H,1-2,7-15H2,3-4H3,(H2,29,30,35)/t16-,17-,18+,19+,20-,21-/m1/s1. The van der Waals surface area contributed by atoms with E-state index in [0.29, 0.717) is 4.91 Å². The van der Waals surface area contributed by atoms with E-state index in [4.69, 9.17) is 15.2 Å². The number of guanidine groups is 1. The van der Waals surface area contributed by atoms with Crippen LogP contribution in [0, 0.1) is 11.8 Å². The summed E-state index contributed by atoms with van der Waals surface area (Å²) in [6.07, 6.45) is 4.59. The number of likely N-dealkylation sites (tertiary alicyclic amines) is 2. The summed E-state index contributed by atoms with van der Waals surface area (Å²) in [5, 5.41) is 9.93. The zero-order chi connectivity index (χ0) is 29.8. The van der Waals surface area contributed by atoms with E-state index in [2.05, 4.69) is 18.2 Å². The van der Waals surface area contributed by atoms with Gasteiger partial charge in [-0.1, -0.05) is 32.2 Å². The summed E-state index contributed by atoms with van der Waals surface area (Å²) in [6.45, 7) is 12.1. The Morgan fingerprint density at radius 1 is 1.17 bits per heavy atom. The number of carbonyl (C=O) groups excluding carboxylic acids is 4. The molecule has 0 radical (unpaired) electrons. The second kappa shape index (κ2) is 13.1. The number of nitrogens with zero attached hydrogens (tertiary/aromatic N) is 4. The first-order valence-electron chi connectivity index (χ1n) is 14.0. The number of carbonyl (C=O) groups is 4. The molecule has 0 aromatic heterocycles. The van der Waals surface area contributed by atoms with Crippen LogP contribution < -0.4 is 5.73 Å². The number of hydrogen-bond acceptors (Lipinski definition) is 8. The largest absolute Gasteiger partial charge is 0.457 e. The van der Waals surface area contributed by atoms with Crippen LogP contribution in [0.15, 0.2) is 40.9 Å². The highest BCUT2D eigenvalue weighted by Crippen LogP contribution is 2.52. The molecule has 4 rings (SSSR count). The molecule has 6 atom stereocenters. The maximum Gasteiger partial charge on any atom is 0.410 e. The Hall–Kier alpha value is -3.32. The van der Waals surface area contributed by atoms with E-state index >= 15 is 0 Å². The van der Waals surface area contributed by atoms with Crippen LogP contribution in [0.25, 0.3) is 0 Å². The Morgan fingerprint density at radius 3 is 2.46 bits per heavy atom. The summed E-state index contributed by atoms with van der Waals surface area (Å²) in [6, 6.07) is -1.30. The molecule has 3 amide bonds. The molecule has 0 saturated carbocycles. The monoisotopic (exact) mass is 589 g/mol. The van der Waals surface area contributed by atoms with Crippen molar-refractivity contribution in [2.24, 2.45) is 22.6 Å². The van der Waals surface area contributed by atoms with E-state index in [9.17, 15) is 24.3 Å². The van der Waals surface area contributed by atoms with Crippen LogP contribution in [0.4, 0.5) is 4.79 Å². The molecule has 0 spiro atoms. The van der Waals surface area contributed by atoms with Gasteiger partial charge in [0.15, 0.2) is 5.96 Å². The van der Waals surface area contributed by atoms with Crippen molar-refractivity contribution in [2.45, 2.75) is 63.0 Å². The number of nitrogens with two attached hydrogens (primary N) is 1. The number of amides is 3. The first-order chi connectivity index (χ1) is 19.6. The van der Waals surface area contributed by atoms with Crippen LogP contribution in [-0.2, 0) is 23.9 Å². The van der Waals surface area contributed by atoms with Crippen LogP contribution in [0.2, 0.25) is 0 Å². The van der Waals surface area contributed by atoms with Gasteiger partial charge in [-0.25, -0.2) is 9.59 Å². The van der Waals surface area contributed by atoms with E-state index < -0.39 is 42.1 Å². The molecule has 224 valence electrons. The molecular formula is C28H39N5O7S. The number of β-lactam (4-membered cyclic amide) rings is 1. The van der Waals surface area contributed by atoms with Crippen molar-refractivity contribution in [1.82, 2.24) is 14.7 Å². The average molecular weight is 590 g/mol. The van der Waals surface area contributed by atoms with Gasteiger partial charge < -0.3 is 30.1 Å². The van der Waals surface area contributed by atoms with Gasteiger partial charge in [-0.05, 0) is 32.6 Å². The molecule has 3 saturated heterocycles. The number of piperidine rings is 1. The summed E-state index contributed by atoms with van der Waals surface area (Å²) < 4.78 is 10.6. The maximum absolute atomic E-state index is 13.4. The molecule has 0 aliphatic carbocycles. The molecule has 12 nitrogen and oxygen atoms in total. The highest BCUT2D eigenvalue weighted by molar-refractivity contribution is 8.03. The predicted octanol–water partition coefficient (Wildman–Crippen LogP) is 1.61. The van der Waals surface area contributed by atoms with Crippen molar-refractivity contribution in [3.63, 3.8) is 0 Å². The molecule has 3 N–H and O–H groups in total. The second-order valence-electron chi connectivity index (χ2n) is 10.7. The lowest BCUT2D eigenvalue weighted by Crippen LogP contribution is -2.63. The van der Waals surface area contributed by atoms with Gasteiger partial charge in [-0.15, -0.1) is 11.8 Å². The molecule has 4 heterocycles. The number of rotatable bonds is 9. The van der Waals surface area contributed by atoms with Gasteiger partial charge in [0.05, 0.1) is 18.1 Å². The average Bonchev–Trinajstić information content (AvgIpc) is 3.48. The molecule has 3 fully saturated rings. The molecule has 0 unspecified atom stereocenters. The fourth-order valence-electron chi connectivity index (χ4n) is 5.96. The molecule has 13 heteroatoms. The van der Waals surface area contributed by atoms with Gasteiger partial charge in [0, 0.05) is 35.7 Å². The van der Waals surface area contributed by atoms with Crippen molar-refractivity contribution >= 4 is 41.6 Å². The number of hydrogen-bond donors (Lipinski definition) is 2. The van der Waals surface area contributed by atoms with Crippen molar-refractivity contribution in [1.29, 1.82) is 0 Å². The summed E-state index contributed by atoms with van der Waals surface area (Å²) in [5.74, 6) is -2.32. The number of thioether (sulfide) groups is 1. The van der Waals surface area contributed by atoms with Gasteiger partial charge >= 0.3 is 12.1 Å². The summed E-state index contributed by atoms with van der Waals surface area (Å²) in [5.41, 5.74) is 6.30. The minimum atomic E-state index is -0.912. The van der Waals surface area contributed by atoms with Crippen LogP contribution >= 0.6 is 11.8 Å². The predicted molar refractivity (Wildman–Crippen MR) is 153 cm³/mol. The smallest absolute Gasteiger partial charge is 0.410 e.